The van der Waals surface area contributed by atoms with Gasteiger partial charge in [-0.1, -0.05) is 36.7 Å². The summed E-state index contributed by atoms with van der Waals surface area (Å²) in [4.78, 5) is 26.6. The van der Waals surface area contributed by atoms with Gasteiger partial charge in [0.25, 0.3) is 5.91 Å². The highest BCUT2D eigenvalue weighted by molar-refractivity contribution is 6.34. The summed E-state index contributed by atoms with van der Waals surface area (Å²) in [7, 11) is 1.62. The van der Waals surface area contributed by atoms with Gasteiger partial charge >= 0.3 is 0 Å². The van der Waals surface area contributed by atoms with E-state index >= 15 is 0 Å². The number of halogens is 1. The third kappa shape index (κ3) is 5.26. The van der Waals surface area contributed by atoms with Crippen molar-refractivity contribution in [2.24, 2.45) is 0 Å². The van der Waals surface area contributed by atoms with Crippen LogP contribution in [0.15, 0.2) is 42.5 Å². The molecule has 0 radical (unpaired) electrons. The van der Waals surface area contributed by atoms with E-state index in [1.165, 1.54) is 0 Å². The van der Waals surface area contributed by atoms with Crippen LogP contribution in [0.25, 0.3) is 0 Å². The van der Waals surface area contributed by atoms with Crippen molar-refractivity contribution in [3.05, 3.63) is 58.6 Å². The molecule has 0 fully saturated rings. The van der Waals surface area contributed by atoms with Gasteiger partial charge in [-0.2, -0.15) is 0 Å². The fourth-order valence-corrected chi connectivity index (χ4v) is 3.38. The molecule has 1 unspecified atom stereocenters. The fourth-order valence-electron chi connectivity index (χ4n) is 3.12. The van der Waals surface area contributed by atoms with Crippen LogP contribution in [0.5, 0.6) is 5.75 Å². The number of hydrogen-bond acceptors (Lipinski definition) is 3. The Morgan fingerprint density at radius 3 is 2.43 bits per heavy atom. The number of nitrogens with zero attached hydrogens (tertiary/aromatic N) is 1. The van der Waals surface area contributed by atoms with Gasteiger partial charge in [-0.3, -0.25) is 9.59 Å². The Hall–Kier alpha value is -2.53. The predicted octanol–water partition coefficient (Wildman–Crippen LogP) is 4.96. The molecule has 150 valence electrons. The molecule has 0 aliphatic carbocycles. The summed E-state index contributed by atoms with van der Waals surface area (Å²) >= 11 is 6.29. The lowest BCUT2D eigenvalue weighted by atomic mass is 9.96. The second kappa shape index (κ2) is 10.1. The monoisotopic (exact) mass is 402 g/mol. The van der Waals surface area contributed by atoms with Crippen molar-refractivity contribution in [3.8, 4) is 5.75 Å². The number of rotatable bonds is 8. The number of nitrogens with one attached hydrogen (secondary N) is 1. The molecule has 1 N–H and O–H groups in total. The highest BCUT2D eigenvalue weighted by Gasteiger charge is 2.18. The van der Waals surface area contributed by atoms with E-state index in [1.807, 2.05) is 45.0 Å². The number of benzene rings is 2. The first-order valence-electron chi connectivity index (χ1n) is 9.42. The highest BCUT2D eigenvalue weighted by Crippen LogP contribution is 2.29. The van der Waals surface area contributed by atoms with E-state index in [9.17, 15) is 9.59 Å². The lowest BCUT2D eigenvalue weighted by Gasteiger charge is -2.19. The second-order valence-corrected chi connectivity index (χ2v) is 6.97. The topological polar surface area (TPSA) is 58.6 Å². The molecule has 0 aliphatic heterocycles. The maximum Gasteiger partial charge on any atom is 0.255 e. The third-order valence-corrected chi connectivity index (χ3v) is 5.01. The maximum atomic E-state index is 12.5. The van der Waals surface area contributed by atoms with Crippen LogP contribution in [0.3, 0.4) is 0 Å². The van der Waals surface area contributed by atoms with Crippen molar-refractivity contribution in [2.45, 2.75) is 33.1 Å². The summed E-state index contributed by atoms with van der Waals surface area (Å²) in [5.74, 6) is 0.523. The quantitative estimate of drug-likeness (QED) is 0.678. The van der Waals surface area contributed by atoms with Crippen LogP contribution in [0.4, 0.5) is 5.69 Å². The van der Waals surface area contributed by atoms with Gasteiger partial charge in [0.15, 0.2) is 0 Å². The van der Waals surface area contributed by atoms with E-state index in [0.29, 0.717) is 35.8 Å². The second-order valence-electron chi connectivity index (χ2n) is 6.57. The Morgan fingerprint density at radius 1 is 1.14 bits per heavy atom. The number of ether oxygens (including phenoxy) is 1. The van der Waals surface area contributed by atoms with Crippen LogP contribution in [0, 0.1) is 0 Å². The van der Waals surface area contributed by atoms with Crippen LogP contribution in [-0.2, 0) is 4.79 Å². The zero-order valence-electron chi connectivity index (χ0n) is 16.8. The van der Waals surface area contributed by atoms with Gasteiger partial charge in [-0.25, -0.2) is 0 Å². The first kappa shape index (κ1) is 21.8. The van der Waals surface area contributed by atoms with Gasteiger partial charge in [0.2, 0.25) is 5.91 Å². The van der Waals surface area contributed by atoms with Crippen LogP contribution < -0.4 is 10.1 Å². The Kier molecular flexibility index (Phi) is 7.88. The van der Waals surface area contributed by atoms with Gasteiger partial charge in [0.1, 0.15) is 5.75 Å². The minimum atomic E-state index is -0.128. The largest absolute Gasteiger partial charge is 0.496 e. The van der Waals surface area contributed by atoms with E-state index < -0.39 is 0 Å². The van der Waals surface area contributed by atoms with E-state index in [0.717, 1.165) is 11.3 Å². The molecule has 0 saturated carbocycles. The molecule has 6 heteroatoms. The standard InChI is InChI=1S/C22H27ClN2O3/c1-5-25(6-2)22(27)18-12-11-16(14-19(18)23)24-21(26)13-15(3)17-9-7-8-10-20(17)28-4/h7-12,14-15H,5-6,13H2,1-4H3,(H,24,26). The molecule has 0 heterocycles. The van der Waals surface area contributed by atoms with Crippen molar-refractivity contribution in [2.75, 3.05) is 25.5 Å². The number of carbonyl (C=O) groups is 2. The van der Waals surface area contributed by atoms with E-state index in [2.05, 4.69) is 5.32 Å². The van der Waals surface area contributed by atoms with Gasteiger partial charge in [-0.15, -0.1) is 0 Å². The minimum absolute atomic E-state index is 0.00450. The van der Waals surface area contributed by atoms with Crippen molar-refractivity contribution < 1.29 is 14.3 Å². The smallest absolute Gasteiger partial charge is 0.255 e. The molecular formula is C22H27ClN2O3. The zero-order chi connectivity index (χ0) is 20.7. The molecular weight excluding hydrogens is 376 g/mol. The molecule has 2 amide bonds. The fraction of sp³-hybridized carbons (Fsp3) is 0.364. The lowest BCUT2D eigenvalue weighted by molar-refractivity contribution is -0.116. The minimum Gasteiger partial charge on any atom is -0.496 e. The van der Waals surface area contributed by atoms with Gasteiger partial charge < -0.3 is 15.0 Å². The van der Waals surface area contributed by atoms with Crippen molar-refractivity contribution in [3.63, 3.8) is 0 Å². The number of anilines is 1. The number of para-hydroxylation sites is 1. The molecule has 0 aliphatic rings. The molecule has 0 saturated heterocycles. The van der Waals surface area contributed by atoms with Crippen LogP contribution >= 0.6 is 11.6 Å². The number of carbonyl (C=O) groups excluding carboxylic acids is 2. The Morgan fingerprint density at radius 2 is 1.82 bits per heavy atom. The summed E-state index contributed by atoms with van der Waals surface area (Å²) in [6.45, 7) is 7.06. The van der Waals surface area contributed by atoms with Crippen molar-refractivity contribution in [1.82, 2.24) is 4.90 Å². The van der Waals surface area contributed by atoms with E-state index in [4.69, 9.17) is 16.3 Å². The Bertz CT molecular complexity index is 834. The van der Waals surface area contributed by atoms with Gasteiger partial charge in [0, 0.05) is 25.2 Å². The van der Waals surface area contributed by atoms with Crippen molar-refractivity contribution >= 4 is 29.1 Å². The molecule has 5 nitrogen and oxygen atoms in total. The molecule has 28 heavy (non-hydrogen) atoms. The SMILES string of the molecule is CCN(CC)C(=O)c1ccc(NC(=O)CC(C)c2ccccc2OC)cc1Cl. The number of methoxy groups -OCH3 is 1. The average Bonchev–Trinajstić information content (AvgIpc) is 2.68. The first-order valence-corrected chi connectivity index (χ1v) is 9.80. The van der Waals surface area contributed by atoms with E-state index in [1.54, 1.807) is 30.2 Å². The Labute approximate surface area is 171 Å². The molecule has 0 aromatic heterocycles. The summed E-state index contributed by atoms with van der Waals surface area (Å²) < 4.78 is 5.37. The maximum absolute atomic E-state index is 12.5. The third-order valence-electron chi connectivity index (χ3n) is 4.70. The first-order chi connectivity index (χ1) is 13.4. The number of hydrogen-bond donors (Lipinski definition) is 1. The molecule has 2 aromatic rings. The van der Waals surface area contributed by atoms with Crippen molar-refractivity contribution in [1.29, 1.82) is 0 Å². The predicted molar refractivity (Wildman–Crippen MR) is 113 cm³/mol. The van der Waals surface area contributed by atoms with Gasteiger partial charge in [-0.05, 0) is 49.6 Å². The Balaban J connectivity index is 2.06. The molecule has 2 rings (SSSR count). The summed E-state index contributed by atoms with van der Waals surface area (Å²) in [5.41, 5.74) is 1.99. The molecule has 1 atom stereocenters. The zero-order valence-corrected chi connectivity index (χ0v) is 17.5. The van der Waals surface area contributed by atoms with Crippen LogP contribution in [0.2, 0.25) is 5.02 Å². The summed E-state index contributed by atoms with van der Waals surface area (Å²) in [5, 5.41) is 3.18. The molecule has 0 bridgehead atoms. The summed E-state index contributed by atoms with van der Waals surface area (Å²) in [6, 6.07) is 12.6. The highest BCUT2D eigenvalue weighted by atomic mass is 35.5. The molecule has 2 aromatic carbocycles. The van der Waals surface area contributed by atoms with Gasteiger partial charge in [0.05, 0.1) is 17.7 Å². The average molecular weight is 403 g/mol. The summed E-state index contributed by atoms with van der Waals surface area (Å²) in [6.07, 6.45) is 0.304. The van der Waals surface area contributed by atoms with Crippen LogP contribution in [-0.4, -0.2) is 36.9 Å². The lowest BCUT2D eigenvalue weighted by Crippen LogP contribution is -2.30. The van der Waals surface area contributed by atoms with Crippen LogP contribution in [0.1, 0.15) is 49.0 Å². The van der Waals surface area contributed by atoms with E-state index in [-0.39, 0.29) is 17.7 Å². The molecule has 0 spiro atoms. The number of amides is 2. The normalized spacial score (nSPS) is 11.6.